The van der Waals surface area contributed by atoms with Gasteiger partial charge < -0.3 is 0 Å². The number of aromatic nitrogens is 1. The number of hydrogen-bond donors (Lipinski definition) is 2. The van der Waals surface area contributed by atoms with Crippen LogP contribution in [-0.4, -0.2) is 4.98 Å². The quantitative estimate of drug-likeness (QED) is 0.655. The molecule has 0 spiro atoms. The van der Waals surface area contributed by atoms with Gasteiger partial charge in [-0.15, -0.1) is 0 Å². The Balaban J connectivity index is 1.73. The highest BCUT2D eigenvalue weighted by Crippen LogP contribution is 2.68. The molecule has 3 unspecified atom stereocenters. The van der Waals surface area contributed by atoms with Crippen LogP contribution in [0, 0.1) is 22.7 Å². The molecule has 4 bridgehead atoms. The van der Waals surface area contributed by atoms with Gasteiger partial charge in [0, 0.05) is 12.4 Å². The van der Waals surface area contributed by atoms with E-state index in [-0.39, 0.29) is 6.04 Å². The van der Waals surface area contributed by atoms with Crippen molar-refractivity contribution in [1.29, 1.82) is 0 Å². The molecule has 4 aliphatic rings. The molecule has 1 aromatic heterocycles. The van der Waals surface area contributed by atoms with E-state index in [0.717, 1.165) is 11.8 Å². The van der Waals surface area contributed by atoms with E-state index in [1.165, 1.54) is 44.1 Å². The summed E-state index contributed by atoms with van der Waals surface area (Å²) in [5, 5.41) is 0. The molecule has 1 aromatic rings. The summed E-state index contributed by atoms with van der Waals surface area (Å²) in [4.78, 5) is 4.30. The molecule has 5 rings (SSSR count). The SMILES string of the molecule is CC12CC3CC(C1)CC(C(NN)c1cccnc1)(C3)C2. The average Bonchev–Trinajstić information content (AvgIpc) is 2.37. The van der Waals surface area contributed by atoms with Crippen molar-refractivity contribution in [2.45, 2.75) is 51.5 Å². The van der Waals surface area contributed by atoms with Crippen molar-refractivity contribution in [3.8, 4) is 0 Å². The molecular weight excluding hydrogens is 246 g/mol. The van der Waals surface area contributed by atoms with Crippen LogP contribution in [-0.2, 0) is 0 Å². The predicted octanol–water partition coefficient (Wildman–Crippen LogP) is 3.19. The van der Waals surface area contributed by atoms with Crippen molar-refractivity contribution >= 4 is 0 Å². The fraction of sp³-hybridized carbons (Fsp3) is 0.706. The van der Waals surface area contributed by atoms with Crippen LogP contribution in [0.25, 0.3) is 0 Å². The lowest BCUT2D eigenvalue weighted by Crippen LogP contribution is -2.56. The monoisotopic (exact) mass is 271 g/mol. The lowest BCUT2D eigenvalue weighted by molar-refractivity contribution is -0.119. The first-order valence-corrected chi connectivity index (χ1v) is 7.99. The maximum absolute atomic E-state index is 5.99. The van der Waals surface area contributed by atoms with Gasteiger partial charge in [-0.05, 0) is 72.8 Å². The minimum Gasteiger partial charge on any atom is -0.271 e. The highest BCUT2D eigenvalue weighted by Gasteiger charge is 2.58. The fourth-order valence-corrected chi connectivity index (χ4v) is 6.31. The Labute approximate surface area is 121 Å². The van der Waals surface area contributed by atoms with E-state index < -0.39 is 0 Å². The van der Waals surface area contributed by atoms with Gasteiger partial charge in [0.15, 0.2) is 0 Å². The van der Waals surface area contributed by atoms with Crippen molar-refractivity contribution < 1.29 is 0 Å². The maximum atomic E-state index is 5.99. The van der Waals surface area contributed by atoms with E-state index in [0.29, 0.717) is 10.8 Å². The number of rotatable bonds is 3. The summed E-state index contributed by atoms with van der Waals surface area (Å²) in [7, 11) is 0. The molecule has 3 heteroatoms. The van der Waals surface area contributed by atoms with Gasteiger partial charge in [0.1, 0.15) is 0 Å². The molecule has 0 radical (unpaired) electrons. The standard InChI is InChI=1S/C17H25N3/c1-16-6-12-5-13(7-16)9-17(8-12,11-16)15(20-18)14-3-2-4-19-10-14/h2-4,10,12-13,15,20H,5-9,11,18H2,1H3. The minimum atomic E-state index is 0.265. The fourth-order valence-electron chi connectivity index (χ4n) is 6.31. The van der Waals surface area contributed by atoms with E-state index >= 15 is 0 Å². The largest absolute Gasteiger partial charge is 0.271 e. The van der Waals surface area contributed by atoms with E-state index in [1.54, 1.807) is 0 Å². The Morgan fingerprint density at radius 3 is 2.60 bits per heavy atom. The zero-order valence-corrected chi connectivity index (χ0v) is 12.3. The van der Waals surface area contributed by atoms with E-state index in [4.69, 9.17) is 5.84 Å². The third kappa shape index (κ3) is 1.83. The molecule has 3 atom stereocenters. The summed E-state index contributed by atoms with van der Waals surface area (Å²) in [6, 6.07) is 4.47. The van der Waals surface area contributed by atoms with Crippen LogP contribution in [0.2, 0.25) is 0 Å². The van der Waals surface area contributed by atoms with Gasteiger partial charge in [-0.2, -0.15) is 0 Å². The first kappa shape index (κ1) is 12.8. The summed E-state index contributed by atoms with van der Waals surface area (Å²) in [5.41, 5.74) is 5.33. The molecule has 3 nitrogen and oxygen atoms in total. The van der Waals surface area contributed by atoms with Crippen molar-refractivity contribution in [2.75, 3.05) is 0 Å². The molecule has 4 saturated carbocycles. The highest BCUT2D eigenvalue weighted by atomic mass is 15.2. The summed E-state index contributed by atoms with van der Waals surface area (Å²) >= 11 is 0. The zero-order valence-electron chi connectivity index (χ0n) is 12.3. The normalized spacial score (nSPS) is 43.7. The van der Waals surface area contributed by atoms with Crippen LogP contribution in [0.15, 0.2) is 24.5 Å². The number of nitrogens with zero attached hydrogens (tertiary/aromatic N) is 1. The van der Waals surface area contributed by atoms with Crippen molar-refractivity contribution in [3.05, 3.63) is 30.1 Å². The second kappa shape index (κ2) is 4.28. The molecule has 0 amide bonds. The Morgan fingerprint density at radius 1 is 1.30 bits per heavy atom. The van der Waals surface area contributed by atoms with Crippen LogP contribution in [0.1, 0.15) is 57.1 Å². The summed E-state index contributed by atoms with van der Waals surface area (Å²) < 4.78 is 0. The maximum Gasteiger partial charge on any atom is 0.0531 e. The molecule has 0 aromatic carbocycles. The van der Waals surface area contributed by atoms with Gasteiger partial charge in [-0.1, -0.05) is 13.0 Å². The van der Waals surface area contributed by atoms with Gasteiger partial charge in [-0.25, -0.2) is 0 Å². The molecule has 3 N–H and O–H groups in total. The lowest BCUT2D eigenvalue weighted by Gasteiger charge is -2.63. The summed E-state index contributed by atoms with van der Waals surface area (Å²) in [6.07, 6.45) is 12.2. The van der Waals surface area contributed by atoms with Gasteiger partial charge in [0.05, 0.1) is 6.04 Å². The number of pyridine rings is 1. The van der Waals surface area contributed by atoms with Crippen LogP contribution in [0.5, 0.6) is 0 Å². The number of nitrogens with one attached hydrogen (secondary N) is 1. The Bertz CT molecular complexity index is 484. The van der Waals surface area contributed by atoms with E-state index in [2.05, 4.69) is 23.4 Å². The second-order valence-electron chi connectivity index (χ2n) is 8.02. The van der Waals surface area contributed by atoms with Crippen molar-refractivity contribution in [2.24, 2.45) is 28.5 Å². The molecule has 108 valence electrons. The zero-order chi connectivity index (χ0) is 13.8. The number of hydrazine groups is 1. The first-order chi connectivity index (χ1) is 9.62. The number of nitrogens with two attached hydrogens (primary N) is 1. The predicted molar refractivity (Wildman–Crippen MR) is 79.5 cm³/mol. The Kier molecular flexibility index (Phi) is 2.74. The Hall–Kier alpha value is -0.930. The van der Waals surface area contributed by atoms with Crippen molar-refractivity contribution in [3.63, 3.8) is 0 Å². The topological polar surface area (TPSA) is 50.9 Å². The molecule has 4 aliphatic carbocycles. The van der Waals surface area contributed by atoms with Gasteiger partial charge in [-0.3, -0.25) is 16.3 Å². The first-order valence-electron chi connectivity index (χ1n) is 7.99. The molecule has 0 saturated heterocycles. The van der Waals surface area contributed by atoms with Crippen LogP contribution in [0.4, 0.5) is 0 Å². The molecular formula is C17H25N3. The smallest absolute Gasteiger partial charge is 0.0531 e. The van der Waals surface area contributed by atoms with E-state index in [9.17, 15) is 0 Å². The third-order valence-corrected chi connectivity index (χ3v) is 6.20. The summed E-state index contributed by atoms with van der Waals surface area (Å²) in [5.74, 6) is 7.84. The number of hydrogen-bond acceptors (Lipinski definition) is 3. The van der Waals surface area contributed by atoms with Crippen LogP contribution < -0.4 is 11.3 Å². The van der Waals surface area contributed by atoms with E-state index in [1.807, 2.05) is 18.5 Å². The average molecular weight is 271 g/mol. The Morgan fingerprint density at radius 2 is 2.05 bits per heavy atom. The summed E-state index contributed by atoms with van der Waals surface area (Å²) in [6.45, 7) is 2.51. The molecule has 4 fully saturated rings. The lowest BCUT2D eigenvalue weighted by atomic mass is 9.43. The molecule has 1 heterocycles. The van der Waals surface area contributed by atoms with Crippen molar-refractivity contribution in [1.82, 2.24) is 10.4 Å². The van der Waals surface area contributed by atoms with Gasteiger partial charge >= 0.3 is 0 Å². The molecule has 20 heavy (non-hydrogen) atoms. The van der Waals surface area contributed by atoms with Gasteiger partial charge in [0.25, 0.3) is 0 Å². The second-order valence-corrected chi connectivity index (χ2v) is 8.02. The van der Waals surface area contributed by atoms with Gasteiger partial charge in [0.2, 0.25) is 0 Å². The highest BCUT2D eigenvalue weighted by molar-refractivity contribution is 5.21. The minimum absolute atomic E-state index is 0.265. The van der Waals surface area contributed by atoms with Crippen LogP contribution in [0.3, 0.4) is 0 Å². The third-order valence-electron chi connectivity index (χ3n) is 6.20. The van der Waals surface area contributed by atoms with Crippen LogP contribution >= 0.6 is 0 Å². The molecule has 0 aliphatic heterocycles.